The highest BCUT2D eigenvalue weighted by molar-refractivity contribution is 6.41. The molecule has 0 unspecified atom stereocenters. The van der Waals surface area contributed by atoms with E-state index in [1.54, 1.807) is 18.3 Å². The third-order valence-corrected chi connectivity index (χ3v) is 7.93. The molecule has 0 saturated heterocycles. The van der Waals surface area contributed by atoms with Crippen LogP contribution in [0.3, 0.4) is 0 Å². The van der Waals surface area contributed by atoms with Gasteiger partial charge in [0.05, 0.1) is 21.9 Å². The van der Waals surface area contributed by atoms with Gasteiger partial charge in [0, 0.05) is 35.4 Å². The molecule has 2 aromatic heterocycles. The van der Waals surface area contributed by atoms with Crippen molar-refractivity contribution in [3.63, 3.8) is 0 Å². The van der Waals surface area contributed by atoms with E-state index < -0.39 is 17.4 Å². The maximum Gasteiger partial charge on any atom is 0.252 e. The van der Waals surface area contributed by atoms with Crippen LogP contribution in [0.15, 0.2) is 18.3 Å². The summed E-state index contributed by atoms with van der Waals surface area (Å²) in [5.41, 5.74) is 6.52. The van der Waals surface area contributed by atoms with Crippen LogP contribution in [0.2, 0.25) is 15.1 Å². The van der Waals surface area contributed by atoms with E-state index in [0.717, 1.165) is 0 Å². The van der Waals surface area contributed by atoms with E-state index in [1.807, 2.05) is 11.5 Å². The molecule has 13 heteroatoms. The van der Waals surface area contributed by atoms with Crippen LogP contribution < -0.4 is 16.4 Å². The average Bonchev–Trinajstić information content (AvgIpc) is 3.13. The van der Waals surface area contributed by atoms with Gasteiger partial charge in [-0.15, -0.1) is 0 Å². The number of carbonyl (C=O) groups excluding carboxylic acids is 1. The van der Waals surface area contributed by atoms with Crippen LogP contribution in [-0.2, 0) is 4.79 Å². The Balaban J connectivity index is 1.52. The lowest BCUT2D eigenvalue weighted by molar-refractivity contribution is -0.128. The Labute approximate surface area is 220 Å². The Morgan fingerprint density at radius 2 is 1.78 bits per heavy atom. The van der Waals surface area contributed by atoms with E-state index in [4.69, 9.17) is 40.5 Å². The van der Waals surface area contributed by atoms with Gasteiger partial charge >= 0.3 is 0 Å². The molecule has 2 aliphatic rings. The first-order chi connectivity index (χ1) is 16.9. The maximum atomic E-state index is 13.3. The van der Waals surface area contributed by atoms with Crippen LogP contribution in [0.5, 0.6) is 0 Å². The van der Waals surface area contributed by atoms with Crippen molar-refractivity contribution in [2.24, 2.45) is 11.1 Å². The van der Waals surface area contributed by atoms with Gasteiger partial charge < -0.3 is 16.4 Å². The van der Waals surface area contributed by atoms with Crippen molar-refractivity contribution >= 4 is 69.5 Å². The van der Waals surface area contributed by atoms with Gasteiger partial charge in [-0.25, -0.2) is 18.7 Å². The van der Waals surface area contributed by atoms with Gasteiger partial charge in [-0.1, -0.05) is 41.7 Å². The number of halogens is 5. The molecule has 8 nitrogen and oxygen atoms in total. The largest absolute Gasteiger partial charge is 0.369 e. The fraction of sp³-hybridized carbons (Fsp3) is 0.478. The van der Waals surface area contributed by atoms with Gasteiger partial charge in [0.15, 0.2) is 5.65 Å². The number of imidazole rings is 1. The number of hydrogen-bond donors (Lipinski definition) is 3. The minimum atomic E-state index is -2.66. The summed E-state index contributed by atoms with van der Waals surface area (Å²) in [6.07, 6.45) is 3.53. The van der Waals surface area contributed by atoms with Crippen LogP contribution in [0.1, 0.15) is 51.5 Å². The Kier molecular flexibility index (Phi) is 6.41. The third kappa shape index (κ3) is 4.78. The van der Waals surface area contributed by atoms with Gasteiger partial charge in [-0.2, -0.15) is 4.98 Å². The molecular formula is C23H24Cl3F2N7O. The number of nitrogens with two attached hydrogens (primary N) is 1. The second-order valence-corrected chi connectivity index (χ2v) is 11.1. The molecule has 0 atom stereocenters. The summed E-state index contributed by atoms with van der Waals surface area (Å²) < 4.78 is 28.5. The zero-order chi connectivity index (χ0) is 25.8. The number of aromatic nitrogens is 4. The summed E-state index contributed by atoms with van der Waals surface area (Å²) >= 11 is 18.9. The van der Waals surface area contributed by atoms with Crippen molar-refractivity contribution < 1.29 is 13.6 Å². The average molecular weight is 559 g/mol. The van der Waals surface area contributed by atoms with E-state index in [1.165, 1.54) is 0 Å². The lowest BCUT2D eigenvalue weighted by Gasteiger charge is -2.36. The van der Waals surface area contributed by atoms with Crippen molar-refractivity contribution in [2.45, 2.75) is 63.5 Å². The standard InChI is InChI=1S/C23H24Cl3F2N7O/c1-22(19(29)36)4-2-13(3-5-22)35-18-16(10-30-20(34-18)31-12-8-23(27,28)9-12)32-21(35)33-17-14(25)6-11(24)7-15(17)26/h6-7,10,12-13H,2-5,8-9H2,1H3,(H2,29,36)(H,32,33)(H,30,31,34)/t13-,22-. The second kappa shape index (κ2) is 9.15. The molecule has 192 valence electrons. The number of anilines is 3. The van der Waals surface area contributed by atoms with Crippen LogP contribution in [0, 0.1) is 5.41 Å². The summed E-state index contributed by atoms with van der Waals surface area (Å²) in [5, 5.41) is 7.22. The molecule has 4 N–H and O–H groups in total. The lowest BCUT2D eigenvalue weighted by Crippen LogP contribution is -2.44. The predicted octanol–water partition coefficient (Wildman–Crippen LogP) is 6.35. The lowest BCUT2D eigenvalue weighted by atomic mass is 9.73. The van der Waals surface area contributed by atoms with Crippen molar-refractivity contribution in [3.8, 4) is 0 Å². The first-order valence-electron chi connectivity index (χ1n) is 11.5. The Morgan fingerprint density at radius 1 is 1.14 bits per heavy atom. The molecule has 1 aromatic carbocycles. The Morgan fingerprint density at radius 3 is 2.36 bits per heavy atom. The number of primary amides is 1. The normalized spacial score (nSPS) is 23.9. The molecular weight excluding hydrogens is 535 g/mol. The molecule has 0 spiro atoms. The van der Waals surface area contributed by atoms with E-state index in [9.17, 15) is 13.6 Å². The molecule has 36 heavy (non-hydrogen) atoms. The predicted molar refractivity (Wildman–Crippen MR) is 136 cm³/mol. The fourth-order valence-corrected chi connectivity index (χ4v) is 5.77. The van der Waals surface area contributed by atoms with Crippen molar-refractivity contribution in [1.29, 1.82) is 0 Å². The van der Waals surface area contributed by atoms with Crippen LogP contribution in [0.25, 0.3) is 11.2 Å². The zero-order valence-corrected chi connectivity index (χ0v) is 21.6. The topological polar surface area (TPSA) is 111 Å². The first kappa shape index (κ1) is 25.2. The van der Waals surface area contributed by atoms with Crippen molar-refractivity contribution in [3.05, 3.63) is 33.4 Å². The van der Waals surface area contributed by atoms with Gasteiger partial charge in [0.2, 0.25) is 17.8 Å². The second-order valence-electron chi connectivity index (χ2n) is 9.84. The summed E-state index contributed by atoms with van der Waals surface area (Å²) in [7, 11) is 0. The highest BCUT2D eigenvalue weighted by Gasteiger charge is 2.45. The molecule has 2 saturated carbocycles. The van der Waals surface area contributed by atoms with E-state index >= 15 is 0 Å². The smallest absolute Gasteiger partial charge is 0.252 e. The summed E-state index contributed by atoms with van der Waals surface area (Å²) in [6.45, 7) is 1.88. The number of alkyl halides is 2. The van der Waals surface area contributed by atoms with Crippen molar-refractivity contribution in [2.75, 3.05) is 10.6 Å². The maximum absolute atomic E-state index is 13.3. The highest BCUT2D eigenvalue weighted by atomic mass is 35.5. The summed E-state index contributed by atoms with van der Waals surface area (Å²) in [6, 6.07) is 2.67. The number of nitrogens with zero attached hydrogens (tertiary/aromatic N) is 4. The molecule has 3 aromatic rings. The number of fused-ring (bicyclic) bond motifs is 1. The molecule has 2 heterocycles. The minimum absolute atomic E-state index is 0.0643. The number of carbonyl (C=O) groups is 1. The molecule has 5 rings (SSSR count). The molecule has 2 fully saturated rings. The third-order valence-electron chi connectivity index (χ3n) is 7.12. The Bertz CT molecular complexity index is 1310. The quantitative estimate of drug-likeness (QED) is 0.325. The van der Waals surface area contributed by atoms with E-state index in [2.05, 4.69) is 25.6 Å². The molecule has 2 aliphatic carbocycles. The zero-order valence-electron chi connectivity index (χ0n) is 19.3. The number of amides is 1. The van der Waals surface area contributed by atoms with Gasteiger partial charge in [-0.3, -0.25) is 9.36 Å². The molecule has 0 radical (unpaired) electrons. The van der Waals surface area contributed by atoms with Gasteiger partial charge in [0.25, 0.3) is 5.92 Å². The first-order valence-corrected chi connectivity index (χ1v) is 12.7. The van der Waals surface area contributed by atoms with Gasteiger partial charge in [-0.05, 0) is 37.8 Å². The number of hydrogen-bond acceptors (Lipinski definition) is 6. The van der Waals surface area contributed by atoms with E-state index in [0.29, 0.717) is 63.6 Å². The Hall–Kier alpha value is -2.43. The highest BCUT2D eigenvalue weighted by Crippen LogP contribution is 2.44. The number of rotatable bonds is 6. The number of nitrogens with one attached hydrogen (secondary N) is 2. The molecule has 1 amide bonds. The summed E-state index contributed by atoms with van der Waals surface area (Å²) in [4.78, 5) is 25.6. The van der Waals surface area contributed by atoms with Crippen LogP contribution in [0.4, 0.5) is 26.4 Å². The van der Waals surface area contributed by atoms with Crippen LogP contribution in [-0.4, -0.2) is 37.4 Å². The monoisotopic (exact) mass is 557 g/mol. The number of benzene rings is 1. The molecule has 0 bridgehead atoms. The van der Waals surface area contributed by atoms with Crippen LogP contribution >= 0.6 is 34.8 Å². The minimum Gasteiger partial charge on any atom is -0.369 e. The SMILES string of the molecule is C[C@]1(C(N)=O)CC[C@H](n2c(Nc3c(Cl)cc(Cl)cc3Cl)nc3cnc(NC4CC(F)(F)C4)nc32)CC1. The van der Waals surface area contributed by atoms with Crippen molar-refractivity contribution in [1.82, 2.24) is 19.5 Å². The fourth-order valence-electron chi connectivity index (χ4n) is 4.86. The molecule has 0 aliphatic heterocycles. The van der Waals surface area contributed by atoms with E-state index in [-0.39, 0.29) is 30.7 Å². The van der Waals surface area contributed by atoms with Gasteiger partial charge in [0.1, 0.15) is 5.52 Å². The summed E-state index contributed by atoms with van der Waals surface area (Å²) in [5.74, 6) is -2.30.